The summed E-state index contributed by atoms with van der Waals surface area (Å²) in [6.07, 6.45) is 0. The van der Waals surface area contributed by atoms with Crippen LogP contribution in [0.2, 0.25) is 5.02 Å². The second-order valence-electron chi connectivity index (χ2n) is 5.12. The van der Waals surface area contributed by atoms with Gasteiger partial charge in [-0.05, 0) is 44.2 Å². The van der Waals surface area contributed by atoms with Gasteiger partial charge < -0.3 is 10.3 Å². The fourth-order valence-corrected chi connectivity index (χ4v) is 2.65. The molecular weight excluding hydrogens is 270 g/mol. The molecule has 0 aliphatic carbocycles. The molecule has 102 valence electrons. The number of anilines is 1. The monoisotopic (exact) mass is 285 g/mol. The first-order valence-corrected chi connectivity index (χ1v) is 6.98. The number of nitrogens with zero attached hydrogens (tertiary/aromatic N) is 2. The third-order valence-corrected chi connectivity index (χ3v) is 3.60. The van der Waals surface area contributed by atoms with Crippen LogP contribution in [-0.4, -0.2) is 9.55 Å². The van der Waals surface area contributed by atoms with E-state index >= 15 is 0 Å². The number of benzene rings is 2. The Kier molecular flexibility index (Phi) is 3.14. The van der Waals surface area contributed by atoms with E-state index < -0.39 is 0 Å². The highest BCUT2D eigenvalue weighted by Gasteiger charge is 2.16. The molecule has 0 aliphatic heterocycles. The lowest BCUT2D eigenvalue weighted by molar-refractivity contribution is 0.624. The largest absolute Gasteiger partial charge is 0.398 e. The van der Waals surface area contributed by atoms with Gasteiger partial charge in [0.15, 0.2) is 0 Å². The number of halogens is 1. The maximum Gasteiger partial charge on any atom is 0.143 e. The molecule has 0 atom stereocenters. The molecule has 0 bridgehead atoms. The SMILES string of the molecule is CC(C)n1c(-c2ccccc2N)nc2cc(Cl)ccc21. The predicted molar refractivity (Wildman–Crippen MR) is 85.0 cm³/mol. The van der Waals surface area contributed by atoms with Crippen molar-refractivity contribution in [1.82, 2.24) is 9.55 Å². The predicted octanol–water partition coefficient (Wildman–Crippen LogP) is 4.52. The highest BCUT2D eigenvalue weighted by Crippen LogP contribution is 2.32. The second-order valence-corrected chi connectivity index (χ2v) is 5.56. The summed E-state index contributed by atoms with van der Waals surface area (Å²) in [7, 11) is 0. The Morgan fingerprint density at radius 3 is 2.60 bits per heavy atom. The van der Waals surface area contributed by atoms with Crippen molar-refractivity contribution >= 4 is 28.3 Å². The molecule has 0 saturated heterocycles. The number of fused-ring (bicyclic) bond motifs is 1. The first-order valence-electron chi connectivity index (χ1n) is 6.60. The first kappa shape index (κ1) is 13.0. The van der Waals surface area contributed by atoms with E-state index in [-0.39, 0.29) is 6.04 Å². The van der Waals surface area contributed by atoms with Crippen molar-refractivity contribution in [3.63, 3.8) is 0 Å². The van der Waals surface area contributed by atoms with Crippen molar-refractivity contribution in [1.29, 1.82) is 0 Å². The lowest BCUT2D eigenvalue weighted by atomic mass is 10.1. The van der Waals surface area contributed by atoms with Gasteiger partial charge in [-0.1, -0.05) is 23.7 Å². The molecule has 0 amide bonds. The van der Waals surface area contributed by atoms with Crippen molar-refractivity contribution in [2.24, 2.45) is 0 Å². The molecule has 1 aromatic heterocycles. The minimum Gasteiger partial charge on any atom is -0.398 e. The maximum absolute atomic E-state index is 6.09. The van der Waals surface area contributed by atoms with Crippen LogP contribution in [0.15, 0.2) is 42.5 Å². The number of rotatable bonds is 2. The third kappa shape index (κ3) is 2.04. The van der Waals surface area contributed by atoms with Crippen LogP contribution >= 0.6 is 11.6 Å². The number of hydrogen-bond acceptors (Lipinski definition) is 2. The summed E-state index contributed by atoms with van der Waals surface area (Å²) >= 11 is 6.06. The maximum atomic E-state index is 6.09. The zero-order valence-corrected chi connectivity index (χ0v) is 12.2. The van der Waals surface area contributed by atoms with E-state index in [4.69, 9.17) is 22.3 Å². The van der Waals surface area contributed by atoms with Crippen molar-refractivity contribution in [2.45, 2.75) is 19.9 Å². The fourth-order valence-electron chi connectivity index (χ4n) is 2.49. The van der Waals surface area contributed by atoms with Crippen molar-refractivity contribution in [2.75, 3.05) is 5.73 Å². The van der Waals surface area contributed by atoms with E-state index in [0.29, 0.717) is 5.02 Å². The zero-order valence-electron chi connectivity index (χ0n) is 11.5. The summed E-state index contributed by atoms with van der Waals surface area (Å²) in [6.45, 7) is 4.27. The van der Waals surface area contributed by atoms with Crippen LogP contribution in [0.3, 0.4) is 0 Å². The standard InChI is InChI=1S/C16H16ClN3/c1-10(2)20-15-8-7-11(17)9-14(15)19-16(20)12-5-3-4-6-13(12)18/h3-10H,18H2,1-2H3. The Morgan fingerprint density at radius 1 is 1.15 bits per heavy atom. The van der Waals surface area contributed by atoms with Gasteiger partial charge in [-0.15, -0.1) is 0 Å². The Labute approximate surface area is 123 Å². The minimum atomic E-state index is 0.288. The highest BCUT2D eigenvalue weighted by molar-refractivity contribution is 6.31. The molecule has 0 saturated carbocycles. The number of nitrogens with two attached hydrogens (primary N) is 1. The molecule has 1 heterocycles. The van der Waals surface area contributed by atoms with Gasteiger partial charge in [0.05, 0.1) is 11.0 Å². The van der Waals surface area contributed by atoms with Gasteiger partial charge in [-0.25, -0.2) is 4.98 Å². The topological polar surface area (TPSA) is 43.8 Å². The number of aromatic nitrogens is 2. The Balaban J connectivity index is 2.35. The van der Waals surface area contributed by atoms with Crippen LogP contribution in [0, 0.1) is 0 Å². The first-order chi connectivity index (χ1) is 9.58. The summed E-state index contributed by atoms with van der Waals surface area (Å²) in [4.78, 5) is 4.72. The van der Waals surface area contributed by atoms with Gasteiger partial charge in [0.1, 0.15) is 5.82 Å². The molecular formula is C16H16ClN3. The van der Waals surface area contributed by atoms with Crippen LogP contribution in [0.25, 0.3) is 22.4 Å². The van der Waals surface area contributed by atoms with E-state index in [1.807, 2.05) is 42.5 Å². The van der Waals surface area contributed by atoms with E-state index in [9.17, 15) is 0 Å². The molecule has 2 aromatic carbocycles. The molecule has 3 nitrogen and oxygen atoms in total. The van der Waals surface area contributed by atoms with Crippen LogP contribution in [0.4, 0.5) is 5.69 Å². The van der Waals surface area contributed by atoms with Crippen molar-refractivity contribution < 1.29 is 0 Å². The number of para-hydroxylation sites is 1. The average Bonchev–Trinajstić information content (AvgIpc) is 2.77. The molecule has 2 N–H and O–H groups in total. The minimum absolute atomic E-state index is 0.288. The Bertz CT molecular complexity index is 774. The van der Waals surface area contributed by atoms with Gasteiger partial charge in [0.25, 0.3) is 0 Å². The molecule has 20 heavy (non-hydrogen) atoms. The van der Waals surface area contributed by atoms with Gasteiger partial charge in [0, 0.05) is 22.3 Å². The quantitative estimate of drug-likeness (QED) is 0.704. The normalized spacial score (nSPS) is 11.4. The lowest BCUT2D eigenvalue weighted by Crippen LogP contribution is -2.04. The Morgan fingerprint density at radius 2 is 1.90 bits per heavy atom. The smallest absolute Gasteiger partial charge is 0.143 e. The molecule has 0 unspecified atom stereocenters. The van der Waals surface area contributed by atoms with Crippen molar-refractivity contribution in [3.05, 3.63) is 47.5 Å². The number of nitrogen functional groups attached to an aromatic ring is 1. The second kappa shape index (κ2) is 4.84. The van der Waals surface area contributed by atoms with Crippen molar-refractivity contribution in [3.8, 4) is 11.4 Å². The molecule has 3 rings (SSSR count). The highest BCUT2D eigenvalue weighted by atomic mass is 35.5. The summed E-state index contributed by atoms with van der Waals surface area (Å²) < 4.78 is 2.19. The number of hydrogen-bond donors (Lipinski definition) is 1. The summed E-state index contributed by atoms with van der Waals surface area (Å²) in [6, 6.07) is 13.9. The summed E-state index contributed by atoms with van der Waals surface area (Å²) in [5, 5.41) is 0.693. The molecule has 4 heteroatoms. The number of imidazole rings is 1. The zero-order chi connectivity index (χ0) is 14.3. The molecule has 3 aromatic rings. The molecule has 0 spiro atoms. The third-order valence-electron chi connectivity index (χ3n) is 3.37. The van der Waals surface area contributed by atoms with E-state index in [0.717, 1.165) is 28.1 Å². The van der Waals surface area contributed by atoms with E-state index in [2.05, 4.69) is 18.4 Å². The average molecular weight is 286 g/mol. The van der Waals surface area contributed by atoms with Crippen LogP contribution < -0.4 is 5.73 Å². The Hall–Kier alpha value is -2.00. The van der Waals surface area contributed by atoms with Gasteiger partial charge in [0.2, 0.25) is 0 Å². The van der Waals surface area contributed by atoms with Crippen LogP contribution in [0.1, 0.15) is 19.9 Å². The fraction of sp³-hybridized carbons (Fsp3) is 0.188. The van der Waals surface area contributed by atoms with E-state index in [1.54, 1.807) is 0 Å². The van der Waals surface area contributed by atoms with Gasteiger partial charge in [-0.2, -0.15) is 0 Å². The summed E-state index contributed by atoms with van der Waals surface area (Å²) in [5.74, 6) is 0.885. The van der Waals surface area contributed by atoms with Gasteiger partial charge >= 0.3 is 0 Å². The molecule has 0 aliphatic rings. The van der Waals surface area contributed by atoms with E-state index in [1.165, 1.54) is 0 Å². The molecule has 0 radical (unpaired) electrons. The van der Waals surface area contributed by atoms with Crippen LogP contribution in [0.5, 0.6) is 0 Å². The molecule has 0 fully saturated rings. The summed E-state index contributed by atoms with van der Waals surface area (Å²) in [5.41, 5.74) is 9.74. The van der Waals surface area contributed by atoms with Crippen LogP contribution in [-0.2, 0) is 0 Å². The van der Waals surface area contributed by atoms with Gasteiger partial charge in [-0.3, -0.25) is 0 Å². The lowest BCUT2D eigenvalue weighted by Gasteiger charge is -2.14.